The van der Waals surface area contributed by atoms with Gasteiger partial charge in [-0.25, -0.2) is 4.98 Å². The van der Waals surface area contributed by atoms with Crippen LogP contribution in [0.15, 0.2) is 24.4 Å². The van der Waals surface area contributed by atoms with Gasteiger partial charge in [-0.3, -0.25) is 0 Å². The Kier molecular flexibility index (Phi) is 3.90. The van der Waals surface area contributed by atoms with Crippen molar-refractivity contribution in [3.8, 4) is 0 Å². The Hall–Kier alpha value is -0.890. The minimum Gasteiger partial charge on any atom is -0.249 e. The molecular formula is C11H15NS. The number of hydrogen-bond donors (Lipinski definition) is 0. The number of hydrogen-bond acceptors (Lipinski definition) is 2. The maximum atomic E-state index is 4.24. The Bertz CT molecular complexity index is 321. The van der Waals surface area contributed by atoms with E-state index in [1.54, 1.807) is 11.3 Å². The van der Waals surface area contributed by atoms with Crippen LogP contribution < -0.4 is 0 Å². The van der Waals surface area contributed by atoms with E-state index >= 15 is 0 Å². The van der Waals surface area contributed by atoms with Crippen molar-refractivity contribution in [1.29, 1.82) is 0 Å². The van der Waals surface area contributed by atoms with Gasteiger partial charge in [-0.05, 0) is 25.8 Å². The summed E-state index contributed by atoms with van der Waals surface area (Å²) in [6, 6.07) is 0. The summed E-state index contributed by atoms with van der Waals surface area (Å²) in [5, 5.41) is 1.12. The van der Waals surface area contributed by atoms with Gasteiger partial charge in [0, 0.05) is 6.20 Å². The topological polar surface area (TPSA) is 12.9 Å². The van der Waals surface area contributed by atoms with Crippen molar-refractivity contribution >= 4 is 16.9 Å². The second-order valence-electron chi connectivity index (χ2n) is 2.80. The summed E-state index contributed by atoms with van der Waals surface area (Å²) in [6.07, 6.45) is 9.47. The first kappa shape index (κ1) is 10.2. The fourth-order valence-corrected chi connectivity index (χ4v) is 1.89. The van der Waals surface area contributed by atoms with E-state index in [9.17, 15) is 0 Å². The van der Waals surface area contributed by atoms with E-state index in [1.807, 2.05) is 13.1 Å². The molecule has 0 fully saturated rings. The molecule has 0 unspecified atom stereocenters. The van der Waals surface area contributed by atoms with Crippen LogP contribution in [0.2, 0.25) is 0 Å². The summed E-state index contributed by atoms with van der Waals surface area (Å²) in [5.74, 6) is 0. The van der Waals surface area contributed by atoms with Crippen LogP contribution in [-0.4, -0.2) is 4.98 Å². The van der Waals surface area contributed by atoms with Gasteiger partial charge >= 0.3 is 0 Å². The van der Waals surface area contributed by atoms with Gasteiger partial charge in [0.15, 0.2) is 0 Å². The first-order chi connectivity index (χ1) is 6.27. The van der Waals surface area contributed by atoms with Crippen molar-refractivity contribution in [2.45, 2.75) is 27.2 Å². The van der Waals surface area contributed by atoms with Crippen LogP contribution in [0.3, 0.4) is 0 Å². The van der Waals surface area contributed by atoms with Gasteiger partial charge in [-0.2, -0.15) is 0 Å². The van der Waals surface area contributed by atoms with Gasteiger partial charge in [0.25, 0.3) is 0 Å². The van der Waals surface area contributed by atoms with Crippen LogP contribution in [-0.2, 0) is 0 Å². The lowest BCUT2D eigenvalue weighted by Gasteiger charge is -1.94. The molecule has 0 aromatic carbocycles. The maximum Gasteiger partial charge on any atom is 0.0900 e. The van der Waals surface area contributed by atoms with Crippen molar-refractivity contribution < 1.29 is 0 Å². The quantitative estimate of drug-likeness (QED) is 0.665. The van der Waals surface area contributed by atoms with Gasteiger partial charge in [0.2, 0.25) is 0 Å². The average Bonchev–Trinajstić information content (AvgIpc) is 2.54. The highest BCUT2D eigenvalue weighted by atomic mass is 32.1. The Labute approximate surface area is 83.8 Å². The molecule has 0 bridgehead atoms. The fraction of sp³-hybridized carbons (Fsp3) is 0.364. The summed E-state index contributed by atoms with van der Waals surface area (Å²) < 4.78 is 0. The molecule has 70 valence electrons. The normalized spacial score (nSPS) is 12.7. The van der Waals surface area contributed by atoms with Crippen molar-refractivity contribution in [3.05, 3.63) is 34.3 Å². The third-order valence-electron chi connectivity index (χ3n) is 1.75. The summed E-state index contributed by atoms with van der Waals surface area (Å²) in [7, 11) is 0. The van der Waals surface area contributed by atoms with Crippen molar-refractivity contribution in [3.63, 3.8) is 0 Å². The number of allylic oxidation sites excluding steroid dienone is 4. The molecule has 1 rings (SSSR count). The van der Waals surface area contributed by atoms with Crippen molar-refractivity contribution in [2.24, 2.45) is 0 Å². The van der Waals surface area contributed by atoms with Gasteiger partial charge < -0.3 is 0 Å². The van der Waals surface area contributed by atoms with E-state index in [2.05, 4.69) is 37.1 Å². The summed E-state index contributed by atoms with van der Waals surface area (Å²) in [6.45, 7) is 6.23. The van der Waals surface area contributed by atoms with E-state index in [4.69, 9.17) is 0 Å². The molecule has 1 heterocycles. The number of nitrogens with zero attached hydrogens (tertiary/aromatic N) is 1. The Morgan fingerprint density at radius 1 is 1.62 bits per heavy atom. The number of thiazole rings is 1. The van der Waals surface area contributed by atoms with E-state index in [0.717, 1.165) is 11.4 Å². The van der Waals surface area contributed by atoms with Crippen LogP contribution in [0, 0.1) is 6.92 Å². The monoisotopic (exact) mass is 193 g/mol. The molecular weight excluding hydrogens is 178 g/mol. The largest absolute Gasteiger partial charge is 0.249 e. The zero-order valence-corrected chi connectivity index (χ0v) is 9.19. The smallest absolute Gasteiger partial charge is 0.0900 e. The minimum atomic E-state index is 1.08. The molecule has 0 N–H and O–H groups in total. The number of rotatable bonds is 3. The van der Waals surface area contributed by atoms with Crippen LogP contribution in [0.25, 0.3) is 5.57 Å². The zero-order valence-electron chi connectivity index (χ0n) is 8.37. The molecule has 1 aromatic rings. The van der Waals surface area contributed by atoms with Crippen molar-refractivity contribution in [1.82, 2.24) is 4.98 Å². The van der Waals surface area contributed by atoms with E-state index < -0.39 is 0 Å². The van der Waals surface area contributed by atoms with Gasteiger partial charge in [-0.15, -0.1) is 11.3 Å². The lowest BCUT2D eigenvalue weighted by atomic mass is 10.2. The average molecular weight is 193 g/mol. The molecule has 0 amide bonds. The molecule has 0 aliphatic rings. The van der Waals surface area contributed by atoms with E-state index in [-0.39, 0.29) is 0 Å². The molecule has 0 aliphatic carbocycles. The highest BCUT2D eigenvalue weighted by Crippen LogP contribution is 2.22. The van der Waals surface area contributed by atoms with Crippen LogP contribution in [0.1, 0.15) is 30.2 Å². The van der Waals surface area contributed by atoms with Crippen LogP contribution in [0.4, 0.5) is 0 Å². The highest BCUT2D eigenvalue weighted by Gasteiger charge is 1.99. The second kappa shape index (κ2) is 4.97. The molecule has 0 aliphatic heterocycles. The maximum absolute atomic E-state index is 4.24. The standard InChI is InChI=1S/C11H15NS/c1-4-6-7-10(5-2)11-8-12-9(3)13-11/h5-8H,4H2,1-3H3/b7-6-,10-5+. The third kappa shape index (κ3) is 2.81. The van der Waals surface area contributed by atoms with Crippen LogP contribution in [0.5, 0.6) is 0 Å². The Morgan fingerprint density at radius 3 is 2.85 bits per heavy atom. The molecule has 0 spiro atoms. The number of aromatic nitrogens is 1. The highest BCUT2D eigenvalue weighted by molar-refractivity contribution is 7.12. The molecule has 0 radical (unpaired) electrons. The predicted molar refractivity (Wildman–Crippen MR) is 59.9 cm³/mol. The van der Waals surface area contributed by atoms with Gasteiger partial charge in [0.1, 0.15) is 0 Å². The first-order valence-corrected chi connectivity index (χ1v) is 5.35. The third-order valence-corrected chi connectivity index (χ3v) is 2.71. The Morgan fingerprint density at radius 2 is 2.38 bits per heavy atom. The summed E-state index contributed by atoms with van der Waals surface area (Å²) >= 11 is 1.74. The SMILES string of the molecule is C/C=C(\C=C/CC)c1cnc(C)s1. The molecule has 0 saturated heterocycles. The predicted octanol–water partition coefficient (Wildman–Crippen LogP) is 3.82. The molecule has 0 saturated carbocycles. The van der Waals surface area contributed by atoms with E-state index in [1.165, 1.54) is 10.5 Å². The van der Waals surface area contributed by atoms with E-state index in [0.29, 0.717) is 0 Å². The summed E-state index contributed by atoms with van der Waals surface area (Å²) in [5.41, 5.74) is 1.27. The lowest BCUT2D eigenvalue weighted by Crippen LogP contribution is -1.72. The fourth-order valence-electron chi connectivity index (χ4n) is 1.06. The lowest BCUT2D eigenvalue weighted by molar-refractivity contribution is 1.22. The molecule has 13 heavy (non-hydrogen) atoms. The first-order valence-electron chi connectivity index (χ1n) is 4.53. The molecule has 0 atom stereocenters. The zero-order chi connectivity index (χ0) is 9.68. The molecule has 1 aromatic heterocycles. The summed E-state index contributed by atoms with van der Waals surface area (Å²) in [4.78, 5) is 5.49. The molecule has 1 nitrogen and oxygen atoms in total. The van der Waals surface area contributed by atoms with Gasteiger partial charge in [-0.1, -0.05) is 25.2 Å². The Balaban J connectivity index is 2.86. The van der Waals surface area contributed by atoms with Gasteiger partial charge in [0.05, 0.1) is 9.88 Å². The van der Waals surface area contributed by atoms with Crippen molar-refractivity contribution in [2.75, 3.05) is 0 Å². The second-order valence-corrected chi connectivity index (χ2v) is 4.03. The number of aryl methyl sites for hydroxylation is 1. The minimum absolute atomic E-state index is 1.08. The molecule has 2 heteroatoms. The van der Waals surface area contributed by atoms with Crippen LogP contribution >= 0.6 is 11.3 Å².